The quantitative estimate of drug-likeness (QED) is 0.695. The zero-order valence-corrected chi connectivity index (χ0v) is 8.13. The number of aryl methyl sites for hydroxylation is 1. The van der Waals surface area contributed by atoms with Crippen molar-refractivity contribution in [3.63, 3.8) is 0 Å². The molecule has 0 saturated carbocycles. The zero-order valence-electron chi connectivity index (χ0n) is 8.13. The van der Waals surface area contributed by atoms with Gasteiger partial charge in [-0.15, -0.1) is 0 Å². The Bertz CT molecular complexity index is 385. The highest BCUT2D eigenvalue weighted by atomic mass is 16.3. The van der Waals surface area contributed by atoms with Gasteiger partial charge in [-0.1, -0.05) is 0 Å². The molecule has 3 nitrogen and oxygen atoms in total. The number of rotatable bonds is 2. The second-order valence-electron chi connectivity index (χ2n) is 3.59. The van der Waals surface area contributed by atoms with E-state index in [-0.39, 0.29) is 0 Å². The zero-order chi connectivity index (χ0) is 10.1. The van der Waals surface area contributed by atoms with Crippen LogP contribution in [-0.2, 0) is 17.6 Å². The van der Waals surface area contributed by atoms with E-state index in [1.54, 1.807) is 0 Å². The maximum absolute atomic E-state index is 10.5. The molecule has 0 bridgehead atoms. The van der Waals surface area contributed by atoms with E-state index in [0.29, 0.717) is 12.2 Å². The minimum atomic E-state index is 0.297. The monoisotopic (exact) mass is 191 g/mol. The van der Waals surface area contributed by atoms with Gasteiger partial charge in [0, 0.05) is 29.8 Å². The van der Waals surface area contributed by atoms with Crippen LogP contribution in [0.2, 0.25) is 0 Å². The molecule has 2 N–H and O–H groups in total. The molecule has 1 aliphatic heterocycles. The lowest BCUT2D eigenvalue weighted by Crippen LogP contribution is -1.95. The number of benzene rings is 1. The average Bonchev–Trinajstić information content (AvgIpc) is 2.60. The van der Waals surface area contributed by atoms with Crippen LogP contribution in [0.5, 0.6) is 5.75 Å². The number of aldehydes is 1. The molecule has 0 saturated heterocycles. The number of anilines is 1. The van der Waals surface area contributed by atoms with Crippen molar-refractivity contribution in [2.75, 3.05) is 11.9 Å². The van der Waals surface area contributed by atoms with Crippen molar-refractivity contribution >= 4 is 12.0 Å². The fraction of sp³-hybridized carbons (Fsp3) is 0.364. The third-order valence-corrected chi connectivity index (χ3v) is 2.71. The van der Waals surface area contributed by atoms with Crippen LogP contribution < -0.4 is 5.32 Å². The summed E-state index contributed by atoms with van der Waals surface area (Å²) < 4.78 is 0. The number of phenols is 1. The van der Waals surface area contributed by atoms with E-state index in [4.69, 9.17) is 0 Å². The van der Waals surface area contributed by atoms with Gasteiger partial charge in [0.2, 0.25) is 0 Å². The summed E-state index contributed by atoms with van der Waals surface area (Å²) in [5.74, 6) is 0.303. The van der Waals surface area contributed by atoms with Crippen LogP contribution in [-0.4, -0.2) is 17.9 Å². The van der Waals surface area contributed by atoms with Gasteiger partial charge in [0.25, 0.3) is 0 Å². The highest BCUT2D eigenvalue weighted by Gasteiger charge is 2.18. The molecule has 1 aliphatic rings. The predicted octanol–water partition coefficient (Wildman–Crippen LogP) is 1.41. The number of fused-ring (bicyclic) bond motifs is 1. The first-order chi connectivity index (χ1) is 6.74. The summed E-state index contributed by atoms with van der Waals surface area (Å²) in [7, 11) is 0. The molecule has 0 unspecified atom stereocenters. The van der Waals surface area contributed by atoms with Gasteiger partial charge in [-0.2, -0.15) is 0 Å². The summed E-state index contributed by atoms with van der Waals surface area (Å²) in [6.07, 6.45) is 1.97. The van der Waals surface area contributed by atoms with Gasteiger partial charge in [-0.05, 0) is 25.0 Å². The molecule has 1 aromatic rings. The fourth-order valence-corrected chi connectivity index (χ4v) is 1.96. The Balaban J connectivity index is 2.56. The van der Waals surface area contributed by atoms with Crippen molar-refractivity contribution in [2.24, 2.45) is 0 Å². The lowest BCUT2D eigenvalue weighted by Gasteiger charge is -2.10. The summed E-state index contributed by atoms with van der Waals surface area (Å²) >= 11 is 0. The van der Waals surface area contributed by atoms with E-state index >= 15 is 0 Å². The maximum atomic E-state index is 10.5. The van der Waals surface area contributed by atoms with E-state index in [2.05, 4.69) is 5.32 Å². The third-order valence-electron chi connectivity index (χ3n) is 2.71. The van der Waals surface area contributed by atoms with E-state index in [1.165, 1.54) is 0 Å². The van der Waals surface area contributed by atoms with Gasteiger partial charge < -0.3 is 15.2 Å². The first kappa shape index (κ1) is 9.06. The topological polar surface area (TPSA) is 49.3 Å². The Hall–Kier alpha value is -1.51. The smallest absolute Gasteiger partial charge is 0.124 e. The molecule has 0 aromatic heterocycles. The first-order valence-corrected chi connectivity index (χ1v) is 4.76. The third kappa shape index (κ3) is 1.25. The number of aromatic hydroxyl groups is 1. The molecule has 0 fully saturated rings. The number of phenolic OH excluding ortho intramolecular Hbond substituents is 1. The highest BCUT2D eigenvalue weighted by Crippen LogP contribution is 2.35. The van der Waals surface area contributed by atoms with Crippen molar-refractivity contribution in [3.8, 4) is 5.75 Å². The van der Waals surface area contributed by atoms with Gasteiger partial charge in [-0.3, -0.25) is 0 Å². The van der Waals surface area contributed by atoms with Crippen LogP contribution >= 0.6 is 0 Å². The Labute approximate surface area is 82.8 Å². The molecule has 14 heavy (non-hydrogen) atoms. The summed E-state index contributed by atoms with van der Waals surface area (Å²) in [5.41, 5.74) is 3.70. The number of carbonyl (C=O) groups excluding carboxylic acids is 1. The first-order valence-electron chi connectivity index (χ1n) is 4.76. The van der Waals surface area contributed by atoms with Gasteiger partial charge in [0.05, 0.1) is 0 Å². The molecule has 1 aromatic carbocycles. The summed E-state index contributed by atoms with van der Waals surface area (Å²) in [4.78, 5) is 10.5. The lowest BCUT2D eigenvalue weighted by molar-refractivity contribution is -0.107. The second kappa shape index (κ2) is 3.33. The van der Waals surface area contributed by atoms with E-state index in [9.17, 15) is 9.90 Å². The van der Waals surface area contributed by atoms with Gasteiger partial charge in [0.1, 0.15) is 12.0 Å². The van der Waals surface area contributed by atoms with Crippen molar-refractivity contribution < 1.29 is 9.90 Å². The highest BCUT2D eigenvalue weighted by molar-refractivity contribution is 5.69. The Morgan fingerprint density at radius 2 is 2.43 bits per heavy atom. The maximum Gasteiger partial charge on any atom is 0.124 e. The normalized spacial score (nSPS) is 13.5. The summed E-state index contributed by atoms with van der Waals surface area (Å²) in [5, 5.41) is 13.1. The number of carbonyl (C=O) groups is 1. The fourth-order valence-electron chi connectivity index (χ4n) is 1.96. The molecule has 0 atom stereocenters. The molecular weight excluding hydrogens is 178 g/mol. The Morgan fingerprint density at radius 3 is 3.14 bits per heavy atom. The number of hydrogen-bond acceptors (Lipinski definition) is 3. The molecule has 1 heterocycles. The van der Waals surface area contributed by atoms with E-state index < -0.39 is 0 Å². The van der Waals surface area contributed by atoms with Crippen LogP contribution in [0.1, 0.15) is 16.7 Å². The molecule has 0 spiro atoms. The molecule has 0 radical (unpaired) electrons. The summed E-state index contributed by atoms with van der Waals surface area (Å²) in [6, 6.07) is 2.00. The van der Waals surface area contributed by atoms with Crippen LogP contribution in [0.25, 0.3) is 0 Å². The van der Waals surface area contributed by atoms with Crippen molar-refractivity contribution in [1.29, 1.82) is 0 Å². The minimum Gasteiger partial charge on any atom is -0.507 e. The van der Waals surface area contributed by atoms with Crippen LogP contribution in [0.3, 0.4) is 0 Å². The molecular formula is C11H13NO2. The number of nitrogens with one attached hydrogen (secondary N) is 1. The second-order valence-corrected chi connectivity index (χ2v) is 3.59. The lowest BCUT2D eigenvalue weighted by atomic mass is 9.99. The minimum absolute atomic E-state index is 0.297. The standard InChI is InChI=1S/C11H13NO2/c1-7-6-10-9(2-4-12-10)11(14)8(7)3-5-13/h5-6,12,14H,2-4H2,1H3. The van der Waals surface area contributed by atoms with E-state index in [0.717, 1.165) is 41.6 Å². The number of hydrogen-bond donors (Lipinski definition) is 2. The van der Waals surface area contributed by atoms with Crippen molar-refractivity contribution in [3.05, 3.63) is 22.8 Å². The molecule has 2 rings (SSSR count). The van der Waals surface area contributed by atoms with Gasteiger partial charge >= 0.3 is 0 Å². The van der Waals surface area contributed by atoms with Crippen LogP contribution in [0.4, 0.5) is 5.69 Å². The Morgan fingerprint density at radius 1 is 1.64 bits per heavy atom. The molecule has 0 amide bonds. The van der Waals surface area contributed by atoms with Crippen LogP contribution in [0, 0.1) is 6.92 Å². The summed E-state index contributed by atoms with van der Waals surface area (Å²) in [6.45, 7) is 2.78. The molecule has 0 aliphatic carbocycles. The SMILES string of the molecule is Cc1cc2c(c(O)c1CC=O)CCN2. The van der Waals surface area contributed by atoms with Gasteiger partial charge in [-0.25, -0.2) is 0 Å². The van der Waals surface area contributed by atoms with Crippen LogP contribution in [0.15, 0.2) is 6.07 Å². The largest absolute Gasteiger partial charge is 0.507 e. The van der Waals surface area contributed by atoms with Crippen molar-refractivity contribution in [1.82, 2.24) is 0 Å². The average molecular weight is 191 g/mol. The van der Waals surface area contributed by atoms with E-state index in [1.807, 2.05) is 13.0 Å². The Kier molecular flexibility index (Phi) is 2.15. The molecule has 3 heteroatoms. The molecule has 74 valence electrons. The van der Waals surface area contributed by atoms with Crippen molar-refractivity contribution in [2.45, 2.75) is 19.8 Å². The van der Waals surface area contributed by atoms with Gasteiger partial charge in [0.15, 0.2) is 0 Å². The predicted molar refractivity (Wildman–Crippen MR) is 54.8 cm³/mol.